The average molecular weight is 920 g/mol. The minimum atomic E-state index is -0.878. The molecule has 16 heteroatoms. The number of benzene rings is 1. The van der Waals surface area contributed by atoms with E-state index in [0.717, 1.165) is 25.3 Å². The Balaban J connectivity index is 0.00000133. The highest BCUT2D eigenvalue weighted by atomic mass is 33.1. The highest BCUT2D eigenvalue weighted by Gasteiger charge is 2.11. The number of rotatable bonds is 36. The molecule has 0 aliphatic rings. The van der Waals surface area contributed by atoms with E-state index in [0.29, 0.717) is 100 Å². The van der Waals surface area contributed by atoms with E-state index >= 15 is 0 Å². The van der Waals surface area contributed by atoms with E-state index in [4.69, 9.17) is 34.0 Å². The number of hydrogen-bond acceptors (Lipinski definition) is 13. The summed E-state index contributed by atoms with van der Waals surface area (Å²) < 4.78 is 32.8. The van der Waals surface area contributed by atoms with Gasteiger partial charge in [0.05, 0.1) is 19.8 Å². The van der Waals surface area contributed by atoms with Gasteiger partial charge in [0.2, 0.25) is 5.91 Å². The third-order valence-corrected chi connectivity index (χ3v) is 10.2. The van der Waals surface area contributed by atoms with Gasteiger partial charge in [-0.1, -0.05) is 124 Å². The number of Topliss-reactive ketones (excluding diaryl/α,β-unsaturated/α-hetero) is 2. The van der Waals surface area contributed by atoms with Crippen molar-refractivity contribution in [2.24, 2.45) is 22.9 Å². The number of ether oxygens (including phenoxy) is 6. The third-order valence-electron chi connectivity index (χ3n) is 8.02. The number of hydrogen-bond donors (Lipinski definition) is 2. The van der Waals surface area contributed by atoms with E-state index in [1.165, 1.54) is 18.6 Å². The van der Waals surface area contributed by atoms with Crippen LogP contribution >= 0.6 is 21.6 Å². The highest BCUT2D eigenvalue weighted by Crippen LogP contribution is 2.23. The molecule has 0 aromatic heterocycles. The zero-order valence-corrected chi connectivity index (χ0v) is 41.0. The van der Waals surface area contributed by atoms with Gasteiger partial charge >= 0.3 is 0 Å². The van der Waals surface area contributed by atoms with Gasteiger partial charge in [-0.2, -0.15) is 0 Å². The second kappa shape index (κ2) is 42.7. The lowest BCUT2D eigenvalue weighted by atomic mass is 10.1. The molecule has 1 rings (SSSR count). The van der Waals surface area contributed by atoms with E-state index in [9.17, 15) is 14.4 Å². The Morgan fingerprint density at radius 1 is 0.778 bits per heavy atom. The molecule has 0 heterocycles. The summed E-state index contributed by atoms with van der Waals surface area (Å²) in [6.45, 7) is 20.7. The zero-order chi connectivity index (χ0) is 46.8. The molecular formula is C47H77N5O9S2. The maximum absolute atomic E-state index is 12.4. The van der Waals surface area contributed by atoms with Crippen LogP contribution in [0.25, 0.3) is 10.4 Å². The number of nitrogens with zero attached hydrogens (tertiary/aromatic N) is 3. The fourth-order valence-electron chi connectivity index (χ4n) is 4.92. The SMILES string of the molecule is CC(C)C#CCOCCCC(=O)COCCOC(COc1cccc(C(=O)CCCNC(C)C)c1)N=[N+]=[N-].CC(C)C#CCOCCNC(=O)CCCOCSSCCCC(C)C. The molecule has 0 fully saturated rings. The van der Waals surface area contributed by atoms with E-state index in [1.54, 1.807) is 35.1 Å². The Labute approximate surface area is 386 Å². The quantitative estimate of drug-likeness (QED) is 0.00955. The van der Waals surface area contributed by atoms with Crippen LogP contribution in [0.2, 0.25) is 0 Å². The van der Waals surface area contributed by atoms with Crippen molar-refractivity contribution < 1.29 is 42.8 Å². The summed E-state index contributed by atoms with van der Waals surface area (Å²) in [5.41, 5.74) is 9.38. The Kier molecular flexibility index (Phi) is 40.4. The Hall–Kier alpha value is -3.28. The van der Waals surface area contributed by atoms with Crippen molar-refractivity contribution in [2.45, 2.75) is 119 Å². The summed E-state index contributed by atoms with van der Waals surface area (Å²) in [6, 6.07) is 7.28. The summed E-state index contributed by atoms with van der Waals surface area (Å²) in [5.74, 6) is 15.8. The van der Waals surface area contributed by atoms with Crippen LogP contribution in [-0.4, -0.2) is 114 Å². The maximum atomic E-state index is 12.4. The highest BCUT2D eigenvalue weighted by molar-refractivity contribution is 8.76. The number of carbonyl (C=O) groups excluding carboxylic acids is 3. The van der Waals surface area contributed by atoms with Crippen LogP contribution in [-0.2, 0) is 33.3 Å². The van der Waals surface area contributed by atoms with Crippen molar-refractivity contribution >= 4 is 39.1 Å². The second-order valence-electron chi connectivity index (χ2n) is 15.7. The number of nitrogens with one attached hydrogen (secondary N) is 2. The molecule has 1 amide bonds. The predicted octanol–water partition coefficient (Wildman–Crippen LogP) is 9.07. The van der Waals surface area contributed by atoms with E-state index in [1.807, 2.05) is 38.5 Å². The maximum Gasteiger partial charge on any atom is 0.220 e. The lowest BCUT2D eigenvalue weighted by Gasteiger charge is -2.14. The summed E-state index contributed by atoms with van der Waals surface area (Å²) in [6.07, 6.45) is 5.11. The summed E-state index contributed by atoms with van der Waals surface area (Å²) in [4.78, 5) is 38.7. The molecule has 0 aliphatic carbocycles. The molecule has 1 aromatic rings. The van der Waals surface area contributed by atoms with Crippen LogP contribution in [0.4, 0.5) is 0 Å². The van der Waals surface area contributed by atoms with Crippen LogP contribution in [0.15, 0.2) is 29.4 Å². The van der Waals surface area contributed by atoms with Gasteiger partial charge in [-0.15, -0.1) is 0 Å². The van der Waals surface area contributed by atoms with Crippen LogP contribution < -0.4 is 15.4 Å². The number of amides is 1. The van der Waals surface area contributed by atoms with Crippen LogP contribution in [0.3, 0.4) is 0 Å². The van der Waals surface area contributed by atoms with Gasteiger partial charge in [-0.3, -0.25) is 14.4 Å². The normalized spacial score (nSPS) is 11.2. The minimum Gasteiger partial charge on any atom is -0.491 e. The van der Waals surface area contributed by atoms with Crippen molar-refractivity contribution in [3.8, 4) is 29.4 Å². The Morgan fingerprint density at radius 2 is 1.48 bits per heavy atom. The first-order valence-electron chi connectivity index (χ1n) is 22.3. The van der Waals surface area contributed by atoms with Gasteiger partial charge in [0.15, 0.2) is 17.8 Å². The molecule has 0 saturated heterocycles. The summed E-state index contributed by atoms with van der Waals surface area (Å²) in [5, 5.41) is 9.72. The molecule has 0 spiro atoms. The zero-order valence-electron chi connectivity index (χ0n) is 39.4. The first kappa shape index (κ1) is 59.7. The lowest BCUT2D eigenvalue weighted by molar-refractivity contribution is -0.125. The second-order valence-corrected chi connectivity index (χ2v) is 18.2. The fourth-order valence-corrected chi connectivity index (χ4v) is 6.69. The number of ketones is 2. The van der Waals surface area contributed by atoms with Crippen LogP contribution in [0, 0.1) is 41.4 Å². The Bertz CT molecular complexity index is 1520. The molecule has 2 N–H and O–H groups in total. The van der Waals surface area contributed by atoms with E-state index < -0.39 is 6.23 Å². The number of carbonyl (C=O) groups is 3. The minimum absolute atomic E-state index is 0.0203. The molecule has 1 atom stereocenters. The standard InChI is InChI=1S/C28H42N4O6.C19H35NO3S2/c1-22(2)9-7-15-35-16-8-11-25(33)20-36-17-18-37-28(31-32-29)21-38-26-12-5-10-24(19-26)27(34)13-6-14-30-23(3)4;1-17(2)8-5-12-22-14-11-20-19(21)10-6-13-23-16-25-24-15-7-9-18(3)4/h5,10,12,19,22-23,28,30H,6,8,11,13-18,20-21H2,1-4H3;17-18H,6-7,9-16H2,1-4H3,(H,20,21). The summed E-state index contributed by atoms with van der Waals surface area (Å²) in [7, 11) is 3.62. The molecule has 0 bridgehead atoms. The van der Waals surface area contributed by atoms with Crippen LogP contribution in [0.1, 0.15) is 117 Å². The Morgan fingerprint density at radius 3 is 2.16 bits per heavy atom. The van der Waals surface area contributed by atoms with E-state index in [-0.39, 0.29) is 43.9 Å². The van der Waals surface area contributed by atoms with Crippen molar-refractivity contribution in [1.82, 2.24) is 10.6 Å². The van der Waals surface area contributed by atoms with Gasteiger partial charge in [0.25, 0.3) is 0 Å². The lowest BCUT2D eigenvalue weighted by Crippen LogP contribution is -2.27. The van der Waals surface area contributed by atoms with Crippen molar-refractivity contribution in [2.75, 3.05) is 84.2 Å². The first-order valence-corrected chi connectivity index (χ1v) is 24.8. The largest absolute Gasteiger partial charge is 0.491 e. The smallest absolute Gasteiger partial charge is 0.220 e. The first-order chi connectivity index (χ1) is 30.3. The molecule has 14 nitrogen and oxygen atoms in total. The van der Waals surface area contributed by atoms with Crippen molar-refractivity contribution in [3.63, 3.8) is 0 Å². The van der Waals surface area contributed by atoms with Crippen LogP contribution in [0.5, 0.6) is 5.75 Å². The third kappa shape index (κ3) is 42.4. The number of azide groups is 1. The predicted molar refractivity (Wildman–Crippen MR) is 257 cm³/mol. The fraction of sp³-hybridized carbons (Fsp3) is 0.723. The van der Waals surface area contributed by atoms with Gasteiger partial charge in [-0.05, 0) is 55.8 Å². The monoisotopic (exact) mass is 920 g/mol. The van der Waals surface area contributed by atoms with Crippen molar-refractivity contribution in [1.29, 1.82) is 0 Å². The van der Waals surface area contributed by atoms with Gasteiger partial charge in [0, 0.05) is 73.1 Å². The van der Waals surface area contributed by atoms with E-state index in [2.05, 4.69) is 72.0 Å². The molecule has 356 valence electrons. The summed E-state index contributed by atoms with van der Waals surface area (Å²) >= 11 is 0. The van der Waals surface area contributed by atoms with Crippen molar-refractivity contribution in [3.05, 3.63) is 40.3 Å². The molecule has 0 saturated carbocycles. The molecule has 1 unspecified atom stereocenters. The average Bonchev–Trinajstić information content (AvgIpc) is 3.24. The topological polar surface area (TPSA) is 179 Å². The van der Waals surface area contributed by atoms with Gasteiger partial charge < -0.3 is 39.1 Å². The molecule has 1 aromatic carbocycles. The molecule has 0 radical (unpaired) electrons. The molecule has 63 heavy (non-hydrogen) atoms. The van der Waals surface area contributed by atoms with Gasteiger partial charge in [0.1, 0.15) is 38.1 Å². The molecule has 0 aliphatic heterocycles. The molecular weight excluding hydrogens is 843 g/mol. The van der Waals surface area contributed by atoms with Gasteiger partial charge in [-0.25, -0.2) is 0 Å².